The zero-order valence-electron chi connectivity index (χ0n) is 14.6. The van der Waals surface area contributed by atoms with Gasteiger partial charge in [0.25, 0.3) is 0 Å². The molecule has 144 valence electrons. The summed E-state index contributed by atoms with van der Waals surface area (Å²) in [6.45, 7) is 0.309. The molecular weight excluding hydrogens is 416 g/mol. The van der Waals surface area contributed by atoms with Gasteiger partial charge in [-0.15, -0.1) is 34.9 Å². The number of aromatic nitrogens is 1. The van der Waals surface area contributed by atoms with E-state index in [1.165, 1.54) is 23.1 Å². The van der Waals surface area contributed by atoms with Crippen molar-refractivity contribution in [3.05, 3.63) is 53.5 Å². The van der Waals surface area contributed by atoms with Gasteiger partial charge in [0, 0.05) is 16.4 Å². The van der Waals surface area contributed by atoms with Crippen LogP contribution in [0.1, 0.15) is 5.01 Å². The third kappa shape index (κ3) is 4.67. The van der Waals surface area contributed by atoms with Crippen molar-refractivity contribution in [3.63, 3.8) is 0 Å². The fourth-order valence-corrected chi connectivity index (χ4v) is 5.31. The number of hydrogen-bond donors (Lipinski definition) is 1. The van der Waals surface area contributed by atoms with Gasteiger partial charge in [-0.3, -0.25) is 9.88 Å². The standard InChI is InChI=1S/C19H16N2O4S3/c22-12-6-7-14-16(10-12)28-18(20-14)17-21-15(11-27-17)19(23)25-24-8-9-26-13-4-2-1-3-5-13/h1-7,10,15,22H,8-9,11H2/t15-/m1/s1. The second kappa shape index (κ2) is 8.95. The maximum absolute atomic E-state index is 12.1. The van der Waals surface area contributed by atoms with Gasteiger partial charge in [-0.1, -0.05) is 18.2 Å². The summed E-state index contributed by atoms with van der Waals surface area (Å²) in [7, 11) is 0. The molecule has 0 saturated heterocycles. The van der Waals surface area contributed by atoms with E-state index in [1.54, 1.807) is 30.0 Å². The Morgan fingerprint density at radius 3 is 2.96 bits per heavy atom. The molecule has 0 radical (unpaired) electrons. The molecule has 2 heterocycles. The summed E-state index contributed by atoms with van der Waals surface area (Å²) < 4.78 is 0.878. The summed E-state index contributed by atoms with van der Waals surface area (Å²) >= 11 is 4.54. The topological polar surface area (TPSA) is 81.0 Å². The molecule has 4 rings (SSSR count). The van der Waals surface area contributed by atoms with E-state index >= 15 is 0 Å². The van der Waals surface area contributed by atoms with Gasteiger partial charge < -0.3 is 5.11 Å². The van der Waals surface area contributed by atoms with E-state index in [1.807, 2.05) is 30.3 Å². The SMILES string of the molecule is O=C(OOCCSc1ccccc1)[C@H]1CSC(c2nc3ccc(O)cc3s2)=N1. The van der Waals surface area contributed by atoms with E-state index in [4.69, 9.17) is 9.78 Å². The minimum atomic E-state index is -0.595. The monoisotopic (exact) mass is 432 g/mol. The number of aliphatic imine (C=N–C) groups is 1. The average Bonchev–Trinajstić information content (AvgIpc) is 3.35. The maximum atomic E-state index is 12.1. The van der Waals surface area contributed by atoms with Gasteiger partial charge in [-0.2, -0.15) is 4.89 Å². The molecule has 1 aliphatic heterocycles. The Labute approximate surface area is 173 Å². The number of carbonyl (C=O) groups excluding carboxylic acids is 1. The van der Waals surface area contributed by atoms with E-state index < -0.39 is 12.0 Å². The van der Waals surface area contributed by atoms with Crippen molar-refractivity contribution in [2.24, 2.45) is 4.99 Å². The van der Waals surface area contributed by atoms with Crippen LogP contribution in [0.2, 0.25) is 0 Å². The lowest BCUT2D eigenvalue weighted by molar-refractivity contribution is -0.269. The number of rotatable bonds is 7. The summed E-state index contributed by atoms with van der Waals surface area (Å²) in [5.41, 5.74) is 0.798. The summed E-state index contributed by atoms with van der Waals surface area (Å²) in [5.74, 6) is 0.889. The number of benzene rings is 2. The predicted molar refractivity (Wildman–Crippen MR) is 113 cm³/mol. The molecule has 2 aromatic carbocycles. The van der Waals surface area contributed by atoms with E-state index in [2.05, 4.69) is 9.98 Å². The van der Waals surface area contributed by atoms with E-state index in [0.717, 1.165) is 20.1 Å². The van der Waals surface area contributed by atoms with Crippen molar-refractivity contribution >= 4 is 56.1 Å². The number of hydrogen-bond acceptors (Lipinski definition) is 9. The molecule has 0 spiro atoms. The number of phenols is 1. The van der Waals surface area contributed by atoms with Crippen LogP contribution in [0.3, 0.4) is 0 Å². The fourth-order valence-electron chi connectivity index (χ4n) is 2.48. The second-order valence-electron chi connectivity index (χ2n) is 5.82. The number of carbonyl (C=O) groups is 1. The molecule has 1 atom stereocenters. The molecule has 0 aliphatic carbocycles. The predicted octanol–water partition coefficient (Wildman–Crippen LogP) is 4.13. The lowest BCUT2D eigenvalue weighted by atomic mass is 10.3. The Morgan fingerprint density at radius 1 is 1.25 bits per heavy atom. The molecule has 3 aromatic rings. The molecule has 0 unspecified atom stereocenters. The second-order valence-corrected chi connectivity index (χ2v) is 9.03. The van der Waals surface area contributed by atoms with Gasteiger partial charge in [-0.25, -0.2) is 9.78 Å². The zero-order chi connectivity index (χ0) is 19.3. The van der Waals surface area contributed by atoms with E-state index in [0.29, 0.717) is 23.2 Å². The molecular formula is C19H16N2O4S3. The Kier molecular flexibility index (Phi) is 6.16. The Hall–Kier alpha value is -2.07. The first-order chi connectivity index (χ1) is 13.7. The summed E-state index contributed by atoms with van der Waals surface area (Å²) in [4.78, 5) is 32.2. The van der Waals surface area contributed by atoms with Crippen molar-refractivity contribution in [2.45, 2.75) is 10.9 Å². The van der Waals surface area contributed by atoms with Crippen LogP contribution < -0.4 is 0 Å². The number of fused-ring (bicyclic) bond motifs is 1. The first-order valence-electron chi connectivity index (χ1n) is 8.51. The van der Waals surface area contributed by atoms with Gasteiger partial charge >= 0.3 is 5.97 Å². The molecule has 1 aromatic heterocycles. The van der Waals surface area contributed by atoms with Gasteiger partial charge in [0.1, 0.15) is 22.4 Å². The highest BCUT2D eigenvalue weighted by Crippen LogP contribution is 2.31. The van der Waals surface area contributed by atoms with Crippen molar-refractivity contribution < 1.29 is 19.7 Å². The van der Waals surface area contributed by atoms with Crippen LogP contribution in [-0.4, -0.2) is 45.3 Å². The summed E-state index contributed by atoms with van der Waals surface area (Å²) in [5, 5.41) is 11.0. The van der Waals surface area contributed by atoms with Crippen molar-refractivity contribution in [2.75, 3.05) is 18.1 Å². The van der Waals surface area contributed by atoms with E-state index in [9.17, 15) is 9.90 Å². The smallest absolute Gasteiger partial charge is 0.367 e. The lowest BCUT2D eigenvalue weighted by Gasteiger charge is -2.06. The van der Waals surface area contributed by atoms with Crippen LogP contribution in [0.5, 0.6) is 5.75 Å². The molecule has 1 N–H and O–H groups in total. The van der Waals surface area contributed by atoms with Crippen molar-refractivity contribution in [1.82, 2.24) is 4.98 Å². The highest BCUT2D eigenvalue weighted by atomic mass is 32.2. The number of aromatic hydroxyl groups is 1. The molecule has 6 nitrogen and oxygen atoms in total. The number of thioether (sulfide) groups is 2. The highest BCUT2D eigenvalue weighted by Gasteiger charge is 2.29. The fraction of sp³-hybridized carbons (Fsp3) is 0.211. The largest absolute Gasteiger partial charge is 0.508 e. The Morgan fingerprint density at radius 2 is 2.11 bits per heavy atom. The number of phenolic OH excluding ortho intramolecular Hbond substituents is 1. The summed E-state index contributed by atoms with van der Waals surface area (Å²) in [6.07, 6.45) is 0. The first kappa shape index (κ1) is 19.3. The molecule has 0 saturated carbocycles. The Bertz CT molecular complexity index is 1010. The number of nitrogens with zero attached hydrogens (tertiary/aromatic N) is 2. The van der Waals surface area contributed by atoms with Gasteiger partial charge in [-0.05, 0) is 30.3 Å². The van der Waals surface area contributed by atoms with E-state index in [-0.39, 0.29) is 5.75 Å². The van der Waals surface area contributed by atoms with Gasteiger partial charge in [0.05, 0.1) is 10.2 Å². The normalized spacial score (nSPS) is 16.3. The molecule has 0 fully saturated rings. The van der Waals surface area contributed by atoms with Crippen molar-refractivity contribution in [3.8, 4) is 5.75 Å². The highest BCUT2D eigenvalue weighted by molar-refractivity contribution is 8.15. The quantitative estimate of drug-likeness (QED) is 0.260. The average molecular weight is 433 g/mol. The van der Waals surface area contributed by atoms with Crippen LogP contribution >= 0.6 is 34.9 Å². The summed E-state index contributed by atoms with van der Waals surface area (Å²) in [6, 6.07) is 14.4. The molecule has 1 aliphatic rings. The van der Waals surface area contributed by atoms with Crippen LogP contribution in [0.25, 0.3) is 10.2 Å². The third-order valence-electron chi connectivity index (χ3n) is 3.80. The zero-order valence-corrected chi connectivity index (χ0v) is 17.1. The van der Waals surface area contributed by atoms with Crippen LogP contribution in [0, 0.1) is 0 Å². The Balaban J connectivity index is 1.27. The minimum absolute atomic E-state index is 0.202. The minimum Gasteiger partial charge on any atom is -0.508 e. The third-order valence-corrected chi connectivity index (χ3v) is 6.98. The van der Waals surface area contributed by atoms with Crippen molar-refractivity contribution in [1.29, 1.82) is 0 Å². The molecule has 9 heteroatoms. The van der Waals surface area contributed by atoms with Crippen LogP contribution in [0.15, 0.2) is 58.4 Å². The van der Waals surface area contributed by atoms with Crippen LogP contribution in [-0.2, 0) is 14.6 Å². The van der Waals surface area contributed by atoms with Crippen LogP contribution in [0.4, 0.5) is 0 Å². The molecule has 28 heavy (non-hydrogen) atoms. The lowest BCUT2D eigenvalue weighted by Crippen LogP contribution is -2.22. The maximum Gasteiger partial charge on any atom is 0.367 e. The molecule has 0 bridgehead atoms. The first-order valence-corrected chi connectivity index (χ1v) is 11.3. The molecule has 0 amide bonds. The van der Waals surface area contributed by atoms with Gasteiger partial charge in [0.15, 0.2) is 6.04 Å². The number of thiazole rings is 1. The van der Waals surface area contributed by atoms with Gasteiger partial charge in [0.2, 0.25) is 0 Å².